The molecule has 0 radical (unpaired) electrons. The van der Waals surface area contributed by atoms with Gasteiger partial charge in [0.25, 0.3) is 5.56 Å². The molecule has 2 heterocycles. The summed E-state index contributed by atoms with van der Waals surface area (Å²) in [6.45, 7) is 5.15. The first kappa shape index (κ1) is 13.8. The molecule has 0 spiro atoms. The highest BCUT2D eigenvalue weighted by Crippen LogP contribution is 2.30. The first-order valence-electron chi connectivity index (χ1n) is 8.12. The minimum absolute atomic E-state index is 0.117. The van der Waals surface area contributed by atoms with Crippen molar-refractivity contribution in [1.29, 1.82) is 0 Å². The summed E-state index contributed by atoms with van der Waals surface area (Å²) in [5.41, 5.74) is 2.08. The van der Waals surface area contributed by atoms with Gasteiger partial charge in [-0.2, -0.15) is 0 Å². The number of rotatable bonds is 3. The third-order valence-corrected chi connectivity index (χ3v) is 4.70. The number of H-pyrrole nitrogens is 1. The molecule has 1 aromatic rings. The van der Waals surface area contributed by atoms with E-state index in [1.165, 1.54) is 32.1 Å². The number of nitrogens with one attached hydrogen (secondary N) is 1. The number of hydrogen-bond donors (Lipinski definition) is 1. The van der Waals surface area contributed by atoms with E-state index in [1.807, 2.05) is 0 Å². The predicted octanol–water partition coefficient (Wildman–Crippen LogP) is 2.59. The average molecular weight is 275 g/mol. The van der Waals surface area contributed by atoms with Crippen LogP contribution in [-0.2, 0) is 13.0 Å². The highest BCUT2D eigenvalue weighted by Gasteiger charge is 2.23. The molecule has 3 rings (SSSR count). The van der Waals surface area contributed by atoms with E-state index in [4.69, 9.17) is 4.98 Å². The van der Waals surface area contributed by atoms with Gasteiger partial charge in [0.1, 0.15) is 5.82 Å². The van der Waals surface area contributed by atoms with Crippen LogP contribution in [-0.4, -0.2) is 28.0 Å². The summed E-state index contributed by atoms with van der Waals surface area (Å²) < 4.78 is 0. The van der Waals surface area contributed by atoms with Gasteiger partial charge in [-0.05, 0) is 32.2 Å². The highest BCUT2D eigenvalue weighted by molar-refractivity contribution is 5.22. The maximum absolute atomic E-state index is 12.3. The Balaban J connectivity index is 1.86. The lowest BCUT2D eigenvalue weighted by Crippen LogP contribution is -2.36. The summed E-state index contributed by atoms with van der Waals surface area (Å²) in [5, 5.41) is 0. The van der Waals surface area contributed by atoms with Crippen molar-refractivity contribution < 1.29 is 0 Å². The first-order valence-corrected chi connectivity index (χ1v) is 8.12. The van der Waals surface area contributed by atoms with Crippen LogP contribution >= 0.6 is 0 Å². The lowest BCUT2D eigenvalue weighted by Gasteiger charge is -2.28. The lowest BCUT2D eigenvalue weighted by molar-refractivity contribution is 0.248. The molecule has 4 heteroatoms. The standard InChI is InChI=1S/C16H25N3O/c1-2-9-19-10-8-13-14(11-19)17-15(18-16(13)20)12-6-4-3-5-7-12/h12H,2-11H2,1H3,(H,17,18,20). The van der Waals surface area contributed by atoms with Crippen LogP contribution in [0.5, 0.6) is 0 Å². The first-order chi connectivity index (χ1) is 9.78. The number of hydrogen-bond acceptors (Lipinski definition) is 3. The van der Waals surface area contributed by atoms with Gasteiger partial charge in [-0.3, -0.25) is 9.69 Å². The molecule has 0 saturated heterocycles. The van der Waals surface area contributed by atoms with Gasteiger partial charge in [0.2, 0.25) is 0 Å². The topological polar surface area (TPSA) is 49.0 Å². The largest absolute Gasteiger partial charge is 0.310 e. The number of aromatic amines is 1. The van der Waals surface area contributed by atoms with E-state index in [0.717, 1.165) is 49.6 Å². The summed E-state index contributed by atoms with van der Waals surface area (Å²) >= 11 is 0. The zero-order chi connectivity index (χ0) is 13.9. The predicted molar refractivity (Wildman–Crippen MR) is 80.0 cm³/mol. The van der Waals surface area contributed by atoms with E-state index >= 15 is 0 Å². The van der Waals surface area contributed by atoms with Crippen LogP contribution in [0.25, 0.3) is 0 Å². The number of fused-ring (bicyclic) bond motifs is 1. The highest BCUT2D eigenvalue weighted by atomic mass is 16.1. The Morgan fingerprint density at radius 3 is 2.85 bits per heavy atom. The quantitative estimate of drug-likeness (QED) is 0.922. The van der Waals surface area contributed by atoms with Crippen molar-refractivity contribution in [2.45, 2.75) is 64.3 Å². The summed E-state index contributed by atoms with van der Waals surface area (Å²) in [6.07, 6.45) is 8.24. The number of aromatic nitrogens is 2. The fourth-order valence-corrected chi connectivity index (χ4v) is 3.59. The van der Waals surface area contributed by atoms with Crippen molar-refractivity contribution >= 4 is 0 Å². The van der Waals surface area contributed by atoms with Crippen LogP contribution in [0.4, 0.5) is 0 Å². The molecule has 20 heavy (non-hydrogen) atoms. The second-order valence-electron chi connectivity index (χ2n) is 6.24. The Labute approximate surface area is 120 Å². The van der Waals surface area contributed by atoms with Crippen LogP contribution in [0.2, 0.25) is 0 Å². The summed E-state index contributed by atoms with van der Waals surface area (Å²) in [6, 6.07) is 0. The van der Waals surface area contributed by atoms with Crippen molar-refractivity contribution in [3.8, 4) is 0 Å². The molecule has 4 nitrogen and oxygen atoms in total. The van der Waals surface area contributed by atoms with Gasteiger partial charge in [-0.15, -0.1) is 0 Å². The van der Waals surface area contributed by atoms with Crippen molar-refractivity contribution in [1.82, 2.24) is 14.9 Å². The average Bonchev–Trinajstić information content (AvgIpc) is 2.48. The van der Waals surface area contributed by atoms with E-state index in [2.05, 4.69) is 16.8 Å². The molecule has 110 valence electrons. The molecule has 2 aliphatic rings. The van der Waals surface area contributed by atoms with Gasteiger partial charge in [0.05, 0.1) is 5.69 Å². The Hall–Kier alpha value is -1.16. The molecule has 0 atom stereocenters. The van der Waals surface area contributed by atoms with Crippen LogP contribution < -0.4 is 5.56 Å². The van der Waals surface area contributed by atoms with Gasteiger partial charge in [-0.25, -0.2) is 4.98 Å². The molecule has 1 fully saturated rings. The fourth-order valence-electron chi connectivity index (χ4n) is 3.59. The Kier molecular flexibility index (Phi) is 4.20. The maximum Gasteiger partial charge on any atom is 0.254 e. The molecule has 1 N–H and O–H groups in total. The van der Waals surface area contributed by atoms with Gasteiger partial charge < -0.3 is 4.98 Å². The normalized spacial score (nSPS) is 20.9. The molecular weight excluding hydrogens is 250 g/mol. The van der Waals surface area contributed by atoms with E-state index < -0.39 is 0 Å². The van der Waals surface area contributed by atoms with Crippen LogP contribution in [0.3, 0.4) is 0 Å². The molecule has 0 unspecified atom stereocenters. The van der Waals surface area contributed by atoms with Gasteiger partial charge in [-0.1, -0.05) is 26.2 Å². The molecule has 0 amide bonds. The SMILES string of the molecule is CCCN1CCc2c(nc(C3CCCCC3)[nH]c2=O)C1. The Bertz CT molecular complexity index is 517. The van der Waals surface area contributed by atoms with Crippen molar-refractivity contribution in [2.75, 3.05) is 13.1 Å². The molecule has 1 saturated carbocycles. The summed E-state index contributed by atoms with van der Waals surface area (Å²) in [4.78, 5) is 22.6. The smallest absolute Gasteiger partial charge is 0.254 e. The Morgan fingerprint density at radius 2 is 2.10 bits per heavy atom. The maximum atomic E-state index is 12.3. The van der Waals surface area contributed by atoms with Gasteiger partial charge >= 0.3 is 0 Å². The second-order valence-corrected chi connectivity index (χ2v) is 6.24. The molecular formula is C16H25N3O. The fraction of sp³-hybridized carbons (Fsp3) is 0.750. The molecule has 0 bridgehead atoms. The Morgan fingerprint density at radius 1 is 1.30 bits per heavy atom. The molecule has 1 aliphatic carbocycles. The van der Waals surface area contributed by atoms with Crippen molar-refractivity contribution in [3.05, 3.63) is 27.4 Å². The lowest BCUT2D eigenvalue weighted by atomic mass is 9.88. The van der Waals surface area contributed by atoms with E-state index in [-0.39, 0.29) is 5.56 Å². The molecule has 0 aromatic carbocycles. The summed E-state index contributed by atoms with van der Waals surface area (Å²) in [7, 11) is 0. The second kappa shape index (κ2) is 6.08. The van der Waals surface area contributed by atoms with E-state index in [9.17, 15) is 4.79 Å². The minimum atomic E-state index is 0.117. The molecule has 1 aromatic heterocycles. The zero-order valence-electron chi connectivity index (χ0n) is 12.5. The van der Waals surface area contributed by atoms with E-state index in [0.29, 0.717) is 5.92 Å². The van der Waals surface area contributed by atoms with Gasteiger partial charge in [0.15, 0.2) is 0 Å². The zero-order valence-corrected chi connectivity index (χ0v) is 12.5. The van der Waals surface area contributed by atoms with E-state index in [1.54, 1.807) is 0 Å². The van der Waals surface area contributed by atoms with Crippen LogP contribution in [0, 0.1) is 0 Å². The third kappa shape index (κ3) is 2.80. The van der Waals surface area contributed by atoms with Gasteiger partial charge in [0, 0.05) is 24.6 Å². The number of nitrogens with zero attached hydrogens (tertiary/aromatic N) is 2. The minimum Gasteiger partial charge on any atom is -0.310 e. The monoisotopic (exact) mass is 275 g/mol. The van der Waals surface area contributed by atoms with Crippen molar-refractivity contribution in [2.24, 2.45) is 0 Å². The van der Waals surface area contributed by atoms with Crippen LogP contribution in [0.1, 0.15) is 68.4 Å². The van der Waals surface area contributed by atoms with Crippen LogP contribution in [0.15, 0.2) is 4.79 Å². The molecule has 1 aliphatic heterocycles. The third-order valence-electron chi connectivity index (χ3n) is 4.70. The van der Waals surface area contributed by atoms with Crippen molar-refractivity contribution in [3.63, 3.8) is 0 Å². The summed E-state index contributed by atoms with van der Waals surface area (Å²) in [5.74, 6) is 1.43.